The van der Waals surface area contributed by atoms with Gasteiger partial charge in [-0.15, -0.1) is 0 Å². The smallest absolute Gasteiger partial charge is 0.0776 e. The van der Waals surface area contributed by atoms with Crippen molar-refractivity contribution in [1.82, 2.24) is 4.90 Å². The zero-order valence-electron chi connectivity index (χ0n) is 14.1. The maximum Gasteiger partial charge on any atom is 0.0776 e. The predicted molar refractivity (Wildman–Crippen MR) is 93.3 cm³/mol. The highest BCUT2D eigenvalue weighted by Gasteiger charge is 2.08. The van der Waals surface area contributed by atoms with E-state index in [1.165, 1.54) is 17.6 Å². The Kier molecular flexibility index (Phi) is 9.04. The second-order valence-corrected chi connectivity index (χ2v) is 6.16. The van der Waals surface area contributed by atoms with Crippen molar-refractivity contribution in [2.24, 2.45) is 11.0 Å². The van der Waals surface area contributed by atoms with Gasteiger partial charge in [0.1, 0.15) is 0 Å². The van der Waals surface area contributed by atoms with E-state index in [4.69, 9.17) is 5.53 Å². The molecule has 0 aliphatic heterocycles. The average Bonchev–Trinajstić information content (AvgIpc) is 2.50. The van der Waals surface area contributed by atoms with Crippen molar-refractivity contribution in [2.75, 3.05) is 13.2 Å². The zero-order valence-corrected chi connectivity index (χ0v) is 14.1. The Hall–Kier alpha value is -1.77. The van der Waals surface area contributed by atoms with Crippen molar-refractivity contribution in [3.05, 3.63) is 58.0 Å². The third kappa shape index (κ3) is 8.50. The topological polar surface area (TPSA) is 52.0 Å². The number of azide groups is 1. The van der Waals surface area contributed by atoms with Crippen molar-refractivity contribution in [3.63, 3.8) is 0 Å². The van der Waals surface area contributed by atoms with Crippen LogP contribution in [-0.4, -0.2) is 18.1 Å². The number of allylic oxidation sites excluding steroid dienone is 2. The van der Waals surface area contributed by atoms with Crippen LogP contribution in [0.1, 0.15) is 45.6 Å². The summed E-state index contributed by atoms with van der Waals surface area (Å²) in [6, 6.07) is 10.3. The average molecular weight is 300 g/mol. The van der Waals surface area contributed by atoms with Crippen LogP contribution in [0.4, 0.5) is 0 Å². The van der Waals surface area contributed by atoms with Gasteiger partial charge in [-0.3, -0.25) is 4.90 Å². The Morgan fingerprint density at radius 1 is 1.27 bits per heavy atom. The minimum absolute atomic E-state index is 0.437. The first-order chi connectivity index (χ1) is 10.6. The molecule has 0 bridgehead atoms. The van der Waals surface area contributed by atoms with Crippen molar-refractivity contribution < 1.29 is 0 Å². The fourth-order valence-electron chi connectivity index (χ4n) is 2.36. The molecule has 1 aromatic carbocycles. The molecule has 0 aromatic heterocycles. The summed E-state index contributed by atoms with van der Waals surface area (Å²) in [7, 11) is 0. The summed E-state index contributed by atoms with van der Waals surface area (Å²) >= 11 is 0. The van der Waals surface area contributed by atoms with Crippen molar-refractivity contribution in [1.29, 1.82) is 0 Å². The van der Waals surface area contributed by atoms with Gasteiger partial charge in [0.15, 0.2) is 0 Å². The van der Waals surface area contributed by atoms with Gasteiger partial charge in [-0.25, -0.2) is 0 Å². The molecule has 1 rings (SSSR count). The summed E-state index contributed by atoms with van der Waals surface area (Å²) in [5, 5.41) is 3.73. The van der Waals surface area contributed by atoms with Gasteiger partial charge in [0.25, 0.3) is 0 Å². The summed E-state index contributed by atoms with van der Waals surface area (Å²) in [6.45, 7) is 8.82. The van der Waals surface area contributed by atoms with E-state index in [-0.39, 0.29) is 0 Å². The van der Waals surface area contributed by atoms with Crippen LogP contribution in [-0.2, 0) is 6.54 Å². The van der Waals surface area contributed by atoms with Crippen molar-refractivity contribution in [2.45, 2.75) is 46.6 Å². The van der Waals surface area contributed by atoms with Gasteiger partial charge in [0, 0.05) is 11.5 Å². The Morgan fingerprint density at radius 2 is 2.00 bits per heavy atom. The molecule has 0 spiro atoms. The molecule has 0 fully saturated rings. The summed E-state index contributed by atoms with van der Waals surface area (Å²) in [5.41, 5.74) is 11.2. The van der Waals surface area contributed by atoms with Gasteiger partial charge in [-0.05, 0) is 56.7 Å². The maximum absolute atomic E-state index is 8.55. The molecule has 1 atom stereocenters. The molecule has 0 heterocycles. The van der Waals surface area contributed by atoms with Crippen LogP contribution >= 0.6 is 0 Å². The zero-order chi connectivity index (χ0) is 16.2. The third-order valence-corrected chi connectivity index (χ3v) is 3.73. The van der Waals surface area contributed by atoms with Crippen LogP contribution < -0.4 is 0 Å². The SMILES string of the molecule is CC(C)=CCCC(C)CCN(CN=[N+]=[N-])Cc1ccccc1. The van der Waals surface area contributed by atoms with E-state index in [0.717, 1.165) is 25.9 Å². The van der Waals surface area contributed by atoms with E-state index < -0.39 is 0 Å². The largest absolute Gasteiger partial charge is 0.293 e. The molecule has 0 N–H and O–H groups in total. The minimum atomic E-state index is 0.437. The minimum Gasteiger partial charge on any atom is -0.293 e. The van der Waals surface area contributed by atoms with Crippen LogP contribution in [0.15, 0.2) is 47.1 Å². The highest BCUT2D eigenvalue weighted by Crippen LogP contribution is 2.14. The first-order valence-electron chi connectivity index (χ1n) is 8.02. The third-order valence-electron chi connectivity index (χ3n) is 3.73. The van der Waals surface area contributed by atoms with E-state index in [1.807, 2.05) is 18.2 Å². The molecular weight excluding hydrogens is 272 g/mol. The van der Waals surface area contributed by atoms with Crippen LogP contribution in [0.25, 0.3) is 10.4 Å². The highest BCUT2D eigenvalue weighted by atomic mass is 15.3. The van der Waals surface area contributed by atoms with Gasteiger partial charge < -0.3 is 0 Å². The van der Waals surface area contributed by atoms with E-state index >= 15 is 0 Å². The lowest BCUT2D eigenvalue weighted by Crippen LogP contribution is -2.25. The molecule has 0 saturated carbocycles. The second-order valence-electron chi connectivity index (χ2n) is 6.16. The number of hydrogen-bond donors (Lipinski definition) is 0. The molecule has 0 radical (unpaired) electrons. The lowest BCUT2D eigenvalue weighted by Gasteiger charge is -2.22. The number of rotatable bonds is 10. The fraction of sp³-hybridized carbons (Fsp3) is 0.556. The van der Waals surface area contributed by atoms with Crippen LogP contribution in [0.3, 0.4) is 0 Å². The Morgan fingerprint density at radius 3 is 2.64 bits per heavy atom. The molecule has 0 aliphatic rings. The molecular formula is C18H28N4. The standard InChI is InChI=1S/C18H28N4/c1-16(2)8-7-9-17(3)12-13-22(15-20-21-19)14-18-10-5-4-6-11-18/h4-6,8,10-11,17H,7,9,12-15H2,1-3H3. The molecule has 1 unspecified atom stereocenters. The molecule has 4 nitrogen and oxygen atoms in total. The molecule has 0 aliphatic carbocycles. The van der Waals surface area contributed by atoms with Crippen LogP contribution in [0, 0.1) is 5.92 Å². The number of nitrogens with zero attached hydrogens (tertiary/aromatic N) is 4. The molecule has 0 amide bonds. The summed E-state index contributed by atoms with van der Waals surface area (Å²) in [5.74, 6) is 0.680. The van der Waals surface area contributed by atoms with Gasteiger partial charge in [0.2, 0.25) is 0 Å². The Labute approximate surface area is 134 Å². The van der Waals surface area contributed by atoms with Gasteiger partial charge >= 0.3 is 0 Å². The fourth-order valence-corrected chi connectivity index (χ4v) is 2.36. The first kappa shape index (κ1) is 18.3. The summed E-state index contributed by atoms with van der Waals surface area (Å²) in [6.07, 6.45) is 5.80. The van der Waals surface area contributed by atoms with E-state index in [0.29, 0.717) is 12.6 Å². The van der Waals surface area contributed by atoms with E-state index in [9.17, 15) is 0 Å². The van der Waals surface area contributed by atoms with Gasteiger partial charge in [-0.1, -0.05) is 54.0 Å². The molecule has 1 aromatic rings. The summed E-state index contributed by atoms with van der Waals surface area (Å²) < 4.78 is 0. The summed E-state index contributed by atoms with van der Waals surface area (Å²) in [4.78, 5) is 5.10. The van der Waals surface area contributed by atoms with Gasteiger partial charge in [-0.2, -0.15) is 0 Å². The number of benzene rings is 1. The molecule has 0 saturated heterocycles. The Bertz CT molecular complexity index is 485. The molecule has 22 heavy (non-hydrogen) atoms. The van der Waals surface area contributed by atoms with Crippen molar-refractivity contribution in [3.8, 4) is 0 Å². The van der Waals surface area contributed by atoms with Crippen LogP contribution in [0.5, 0.6) is 0 Å². The highest BCUT2D eigenvalue weighted by molar-refractivity contribution is 5.14. The molecule has 120 valence electrons. The predicted octanol–water partition coefficient (Wildman–Crippen LogP) is 5.53. The van der Waals surface area contributed by atoms with E-state index in [1.54, 1.807) is 0 Å². The normalized spacial score (nSPS) is 11.8. The van der Waals surface area contributed by atoms with E-state index in [2.05, 4.69) is 53.9 Å². The second kappa shape index (κ2) is 10.9. The maximum atomic E-state index is 8.55. The first-order valence-corrected chi connectivity index (χ1v) is 8.02. The molecule has 4 heteroatoms. The quantitative estimate of drug-likeness (QED) is 0.242. The number of hydrogen-bond acceptors (Lipinski definition) is 2. The van der Waals surface area contributed by atoms with Gasteiger partial charge in [0.05, 0.1) is 6.67 Å². The lowest BCUT2D eigenvalue weighted by molar-refractivity contribution is 0.250. The monoisotopic (exact) mass is 300 g/mol. The lowest BCUT2D eigenvalue weighted by atomic mass is 10.0. The van der Waals surface area contributed by atoms with Crippen LogP contribution in [0.2, 0.25) is 0 Å². The van der Waals surface area contributed by atoms with Crippen molar-refractivity contribution >= 4 is 0 Å². The Balaban J connectivity index is 2.44.